The van der Waals surface area contributed by atoms with Gasteiger partial charge in [-0.15, -0.1) is 0 Å². The summed E-state index contributed by atoms with van der Waals surface area (Å²) in [5, 5.41) is 0. The molecule has 1 aliphatic rings. The zero-order valence-electron chi connectivity index (χ0n) is 16.7. The minimum atomic E-state index is -4.65. The molecule has 0 spiro atoms. The fourth-order valence-electron chi connectivity index (χ4n) is 3.77. The van der Waals surface area contributed by atoms with E-state index in [9.17, 15) is 18.0 Å². The van der Waals surface area contributed by atoms with E-state index in [1.54, 1.807) is 34.6 Å². The Morgan fingerprint density at radius 3 is 1.88 bits per heavy atom. The lowest BCUT2D eigenvalue weighted by Crippen LogP contribution is -2.58. The fourth-order valence-corrected chi connectivity index (χ4v) is 3.77. The van der Waals surface area contributed by atoms with Crippen LogP contribution in [0.2, 0.25) is 0 Å². The second-order valence-corrected chi connectivity index (χ2v) is 9.00. The topological polar surface area (TPSA) is 26.3 Å². The maximum absolute atomic E-state index is 14.4. The van der Waals surface area contributed by atoms with Crippen molar-refractivity contribution in [3.05, 3.63) is 0 Å². The first kappa shape index (κ1) is 22.3. The van der Waals surface area contributed by atoms with Crippen LogP contribution in [0.5, 0.6) is 0 Å². The van der Waals surface area contributed by atoms with E-state index in [1.165, 1.54) is 0 Å². The van der Waals surface area contributed by atoms with Gasteiger partial charge in [0.05, 0.1) is 0 Å². The van der Waals surface area contributed by atoms with Crippen molar-refractivity contribution in [3.63, 3.8) is 0 Å². The highest BCUT2D eigenvalue weighted by Gasteiger charge is 2.69. The van der Waals surface area contributed by atoms with E-state index in [-0.39, 0.29) is 18.9 Å². The molecule has 0 radical (unpaired) electrons. The van der Waals surface area contributed by atoms with Gasteiger partial charge < -0.3 is 4.74 Å². The third-order valence-corrected chi connectivity index (χ3v) is 6.40. The molecule has 1 rings (SSSR count). The number of carbonyl (C=O) groups is 1. The zero-order chi connectivity index (χ0) is 19.5. The molecule has 1 atom stereocenters. The van der Waals surface area contributed by atoms with Gasteiger partial charge in [0.25, 0.3) is 0 Å². The van der Waals surface area contributed by atoms with E-state index < -0.39 is 28.4 Å². The molecular weight excluding hydrogens is 329 g/mol. The molecule has 5 heteroatoms. The summed E-state index contributed by atoms with van der Waals surface area (Å²) in [6.45, 7) is 10.3. The van der Waals surface area contributed by atoms with Crippen molar-refractivity contribution in [2.24, 2.45) is 16.2 Å². The summed E-state index contributed by atoms with van der Waals surface area (Å²) < 4.78 is 48.8. The van der Waals surface area contributed by atoms with Gasteiger partial charge in [-0.1, -0.05) is 54.4 Å². The Balaban J connectivity index is 3.34. The number of carbonyl (C=O) groups excluding carboxylic acids is 1. The minimum absolute atomic E-state index is 0.244. The highest BCUT2D eigenvalue weighted by Crippen LogP contribution is 2.59. The number of alkyl halides is 3. The van der Waals surface area contributed by atoms with E-state index >= 15 is 0 Å². The first-order chi connectivity index (χ1) is 11.3. The summed E-state index contributed by atoms with van der Waals surface area (Å²) in [5.74, 6) is -1.07. The highest BCUT2D eigenvalue weighted by atomic mass is 19.4. The van der Waals surface area contributed by atoms with E-state index in [0.717, 1.165) is 19.3 Å². The van der Waals surface area contributed by atoms with Gasteiger partial charge in [-0.25, -0.2) is 0 Å². The summed E-state index contributed by atoms with van der Waals surface area (Å²) in [4.78, 5) is 13.0. The molecule has 0 aromatic carbocycles. The number of rotatable bonds is 7. The summed E-state index contributed by atoms with van der Waals surface area (Å²) in [6.07, 6.45) is -0.220. The maximum Gasteiger partial charge on any atom is 0.405 e. The Morgan fingerprint density at radius 2 is 1.48 bits per heavy atom. The zero-order valence-corrected chi connectivity index (χ0v) is 16.7. The summed E-state index contributed by atoms with van der Waals surface area (Å²) in [6, 6.07) is 0. The van der Waals surface area contributed by atoms with Crippen LogP contribution in [0.4, 0.5) is 13.2 Å². The lowest BCUT2D eigenvalue weighted by molar-refractivity contribution is -0.275. The molecule has 1 fully saturated rings. The second kappa shape index (κ2) is 7.87. The van der Waals surface area contributed by atoms with Gasteiger partial charge in [-0.2, -0.15) is 13.2 Å². The molecule has 2 nitrogen and oxygen atoms in total. The average molecular weight is 364 g/mol. The van der Waals surface area contributed by atoms with E-state index in [0.29, 0.717) is 19.3 Å². The molecule has 0 bridgehead atoms. The van der Waals surface area contributed by atoms with E-state index in [1.807, 2.05) is 6.92 Å². The Morgan fingerprint density at radius 1 is 0.960 bits per heavy atom. The second-order valence-electron chi connectivity index (χ2n) is 9.00. The molecule has 0 aromatic rings. The summed E-state index contributed by atoms with van der Waals surface area (Å²) in [5.41, 5.74) is -4.32. The molecule has 1 aliphatic carbocycles. The van der Waals surface area contributed by atoms with Crippen LogP contribution in [-0.2, 0) is 9.53 Å². The third kappa shape index (κ3) is 4.71. The maximum atomic E-state index is 14.4. The molecule has 0 heterocycles. The first-order valence-corrected chi connectivity index (χ1v) is 9.61. The molecule has 25 heavy (non-hydrogen) atoms. The van der Waals surface area contributed by atoms with Crippen molar-refractivity contribution >= 4 is 5.97 Å². The van der Waals surface area contributed by atoms with Crippen LogP contribution < -0.4 is 0 Å². The van der Waals surface area contributed by atoms with Crippen molar-refractivity contribution in [2.75, 3.05) is 0 Å². The molecule has 0 saturated heterocycles. The fraction of sp³-hybridized carbons (Fsp3) is 0.950. The Labute approximate surface area is 150 Å². The third-order valence-electron chi connectivity index (χ3n) is 6.40. The standard InChI is InChI=1S/C20H35F3O2/c1-7-17(3,4)14-19(20(21,22)23,18(5,6)8-2)16(24)25-15-12-10-9-11-13-15/h15H,7-14H2,1-6H3. The van der Waals surface area contributed by atoms with Crippen molar-refractivity contribution < 1.29 is 22.7 Å². The van der Waals surface area contributed by atoms with Crippen molar-refractivity contribution in [2.45, 2.75) is 105 Å². The monoisotopic (exact) mass is 364 g/mol. The normalized spacial score (nSPS) is 20.2. The lowest BCUT2D eigenvalue weighted by atomic mass is 9.57. The summed E-state index contributed by atoms with van der Waals surface area (Å²) >= 11 is 0. The molecule has 0 amide bonds. The number of ether oxygens (including phenoxy) is 1. The van der Waals surface area contributed by atoms with Gasteiger partial charge in [-0.3, -0.25) is 4.79 Å². The predicted octanol–water partition coefficient (Wildman–Crippen LogP) is 6.67. The van der Waals surface area contributed by atoms with Gasteiger partial charge in [0.15, 0.2) is 5.41 Å². The van der Waals surface area contributed by atoms with Crippen molar-refractivity contribution in [1.29, 1.82) is 0 Å². The molecular formula is C20H35F3O2. The van der Waals surface area contributed by atoms with Crippen molar-refractivity contribution in [1.82, 2.24) is 0 Å². The Kier molecular flexibility index (Phi) is 7.02. The largest absolute Gasteiger partial charge is 0.462 e. The molecule has 1 unspecified atom stereocenters. The van der Waals surface area contributed by atoms with Crippen LogP contribution in [0, 0.1) is 16.2 Å². The number of hydrogen-bond acceptors (Lipinski definition) is 2. The average Bonchev–Trinajstić information content (AvgIpc) is 2.52. The Hall–Kier alpha value is -0.740. The number of halogens is 3. The van der Waals surface area contributed by atoms with Crippen LogP contribution in [-0.4, -0.2) is 18.2 Å². The van der Waals surface area contributed by atoms with Crippen LogP contribution in [0.15, 0.2) is 0 Å². The van der Waals surface area contributed by atoms with E-state index in [4.69, 9.17) is 4.74 Å². The molecule has 1 saturated carbocycles. The van der Waals surface area contributed by atoms with Gasteiger partial charge in [0.1, 0.15) is 6.10 Å². The van der Waals surface area contributed by atoms with E-state index in [2.05, 4.69) is 0 Å². The van der Waals surface area contributed by atoms with Crippen LogP contribution >= 0.6 is 0 Å². The molecule has 0 aliphatic heterocycles. The van der Waals surface area contributed by atoms with Gasteiger partial charge in [0.2, 0.25) is 0 Å². The molecule has 0 aromatic heterocycles. The Bertz CT molecular complexity index is 448. The van der Waals surface area contributed by atoms with Gasteiger partial charge in [-0.05, 0) is 49.4 Å². The van der Waals surface area contributed by atoms with Gasteiger partial charge in [0, 0.05) is 0 Å². The quantitative estimate of drug-likeness (QED) is 0.471. The minimum Gasteiger partial charge on any atom is -0.462 e. The van der Waals surface area contributed by atoms with Gasteiger partial charge >= 0.3 is 12.1 Å². The summed E-state index contributed by atoms with van der Waals surface area (Å²) in [7, 11) is 0. The highest BCUT2D eigenvalue weighted by molar-refractivity contribution is 5.79. The van der Waals surface area contributed by atoms with Crippen molar-refractivity contribution in [3.8, 4) is 0 Å². The van der Waals surface area contributed by atoms with Crippen LogP contribution in [0.1, 0.15) is 92.9 Å². The predicted molar refractivity (Wildman–Crippen MR) is 94.2 cm³/mol. The lowest BCUT2D eigenvalue weighted by Gasteiger charge is -2.49. The molecule has 0 N–H and O–H groups in total. The number of esters is 1. The molecule has 148 valence electrons. The van der Waals surface area contributed by atoms with Crippen LogP contribution in [0.3, 0.4) is 0 Å². The smallest absolute Gasteiger partial charge is 0.405 e. The SMILES string of the molecule is CCC(C)(C)CC(C(=O)OC1CCCCC1)(C(F)(F)F)C(C)(C)CC. The first-order valence-electron chi connectivity index (χ1n) is 9.61. The van der Waals surface area contributed by atoms with Crippen LogP contribution in [0.25, 0.3) is 0 Å². The number of hydrogen-bond donors (Lipinski definition) is 0.